The lowest BCUT2D eigenvalue weighted by Crippen LogP contribution is -2.33. The fourth-order valence-corrected chi connectivity index (χ4v) is 3.69. The number of ether oxygens (including phenoxy) is 1. The summed E-state index contributed by atoms with van der Waals surface area (Å²) in [7, 11) is 1.38. The van der Waals surface area contributed by atoms with Gasteiger partial charge in [-0.2, -0.15) is 0 Å². The van der Waals surface area contributed by atoms with E-state index in [-0.39, 0.29) is 23.6 Å². The Balaban J connectivity index is 1.87. The first-order valence-electron chi connectivity index (χ1n) is 8.69. The molecule has 2 N–H and O–H groups in total. The molecule has 4 heteroatoms. The third-order valence-corrected chi connectivity index (χ3v) is 5.03. The van der Waals surface area contributed by atoms with Crippen LogP contribution in [-0.2, 0) is 9.53 Å². The zero-order valence-corrected chi connectivity index (χ0v) is 14.4. The van der Waals surface area contributed by atoms with Crippen LogP contribution in [0.2, 0.25) is 0 Å². The topological polar surface area (TPSA) is 69.4 Å². The predicted octanol–water partition coefficient (Wildman–Crippen LogP) is 4.10. The molecule has 130 valence electrons. The van der Waals surface area contributed by atoms with E-state index in [4.69, 9.17) is 10.5 Å². The van der Waals surface area contributed by atoms with Crippen molar-refractivity contribution < 1.29 is 14.3 Å². The summed E-state index contributed by atoms with van der Waals surface area (Å²) in [5, 5.41) is 0. The van der Waals surface area contributed by atoms with Crippen LogP contribution in [0.5, 0.6) is 0 Å². The van der Waals surface area contributed by atoms with Crippen molar-refractivity contribution in [3.05, 3.63) is 54.1 Å². The molecular weight excluding hydrogens is 314 g/mol. The SMILES string of the molecule is COC(=O)C1CCCCC1C(=O)c1ccc(-c2ccccc2)c(N)c1. The van der Waals surface area contributed by atoms with Gasteiger partial charge >= 0.3 is 5.97 Å². The Hall–Kier alpha value is -2.62. The largest absolute Gasteiger partial charge is 0.469 e. The van der Waals surface area contributed by atoms with Gasteiger partial charge in [-0.05, 0) is 24.5 Å². The van der Waals surface area contributed by atoms with E-state index in [1.54, 1.807) is 6.07 Å². The molecule has 0 saturated heterocycles. The fraction of sp³-hybridized carbons (Fsp3) is 0.333. The Morgan fingerprint density at radius 1 is 1.00 bits per heavy atom. The van der Waals surface area contributed by atoms with Gasteiger partial charge in [0.2, 0.25) is 0 Å². The van der Waals surface area contributed by atoms with Crippen molar-refractivity contribution in [2.75, 3.05) is 12.8 Å². The zero-order valence-electron chi connectivity index (χ0n) is 14.4. The number of rotatable bonds is 4. The quantitative estimate of drug-likeness (QED) is 0.518. The number of hydrogen-bond donors (Lipinski definition) is 1. The Morgan fingerprint density at radius 2 is 1.68 bits per heavy atom. The lowest BCUT2D eigenvalue weighted by molar-refractivity contribution is -0.147. The van der Waals surface area contributed by atoms with Gasteiger partial charge in [0.1, 0.15) is 0 Å². The van der Waals surface area contributed by atoms with Gasteiger partial charge in [-0.25, -0.2) is 0 Å². The number of ketones is 1. The number of nitrogens with two attached hydrogens (primary N) is 1. The first-order valence-corrected chi connectivity index (χ1v) is 8.69. The number of hydrogen-bond acceptors (Lipinski definition) is 4. The highest BCUT2D eigenvalue weighted by molar-refractivity contribution is 6.01. The number of Topliss-reactive ketones (excluding diaryl/α,β-unsaturated/α-hetero) is 1. The molecule has 1 aliphatic rings. The highest BCUT2D eigenvalue weighted by Crippen LogP contribution is 2.35. The van der Waals surface area contributed by atoms with Gasteiger partial charge in [-0.15, -0.1) is 0 Å². The molecule has 0 radical (unpaired) electrons. The zero-order chi connectivity index (χ0) is 17.8. The minimum Gasteiger partial charge on any atom is -0.469 e. The van der Waals surface area contributed by atoms with E-state index in [0.29, 0.717) is 17.7 Å². The molecular formula is C21H23NO3. The second-order valence-corrected chi connectivity index (χ2v) is 6.55. The van der Waals surface area contributed by atoms with Gasteiger partial charge in [-0.1, -0.05) is 55.3 Å². The minimum absolute atomic E-state index is 0.0126. The summed E-state index contributed by atoms with van der Waals surface area (Å²) in [6, 6.07) is 15.3. The molecule has 0 aliphatic heterocycles. The summed E-state index contributed by atoms with van der Waals surface area (Å²) in [5.74, 6) is -0.960. The highest BCUT2D eigenvalue weighted by atomic mass is 16.5. The molecule has 1 fully saturated rings. The molecule has 0 aromatic heterocycles. The lowest BCUT2D eigenvalue weighted by Gasteiger charge is -2.28. The van der Waals surface area contributed by atoms with Crippen molar-refractivity contribution in [3.8, 4) is 11.1 Å². The molecule has 0 spiro atoms. The molecule has 4 nitrogen and oxygen atoms in total. The Morgan fingerprint density at radius 3 is 2.32 bits per heavy atom. The molecule has 25 heavy (non-hydrogen) atoms. The van der Waals surface area contributed by atoms with E-state index in [1.807, 2.05) is 42.5 Å². The number of carbonyl (C=O) groups excluding carboxylic acids is 2. The van der Waals surface area contributed by atoms with Gasteiger partial charge in [0.15, 0.2) is 5.78 Å². The summed E-state index contributed by atoms with van der Waals surface area (Å²) in [6.45, 7) is 0. The summed E-state index contributed by atoms with van der Waals surface area (Å²) in [5.41, 5.74) is 9.26. The standard InChI is InChI=1S/C21H23NO3/c1-25-21(24)18-10-6-5-9-17(18)20(23)15-11-12-16(19(22)13-15)14-7-3-2-4-8-14/h2-4,7-8,11-13,17-18H,5-6,9-10,22H2,1H3. The van der Waals surface area contributed by atoms with Crippen molar-refractivity contribution in [3.63, 3.8) is 0 Å². The van der Waals surface area contributed by atoms with Crippen molar-refractivity contribution in [1.29, 1.82) is 0 Å². The maximum atomic E-state index is 13.0. The number of benzene rings is 2. The molecule has 2 unspecified atom stereocenters. The van der Waals surface area contributed by atoms with Crippen LogP contribution in [0.15, 0.2) is 48.5 Å². The van der Waals surface area contributed by atoms with Crippen LogP contribution in [0.4, 0.5) is 5.69 Å². The normalized spacial score (nSPS) is 20.0. The fourth-order valence-electron chi connectivity index (χ4n) is 3.69. The maximum Gasteiger partial charge on any atom is 0.309 e. The lowest BCUT2D eigenvalue weighted by atomic mass is 9.75. The van der Waals surface area contributed by atoms with Crippen LogP contribution in [0.3, 0.4) is 0 Å². The molecule has 0 bridgehead atoms. The first kappa shape index (κ1) is 17.2. The summed E-state index contributed by atoms with van der Waals surface area (Å²) in [6.07, 6.45) is 3.35. The van der Waals surface area contributed by atoms with Crippen molar-refractivity contribution in [1.82, 2.24) is 0 Å². The monoisotopic (exact) mass is 337 g/mol. The Kier molecular flexibility index (Phi) is 5.17. The minimum atomic E-state index is -0.346. The summed E-state index contributed by atoms with van der Waals surface area (Å²) in [4.78, 5) is 25.0. The van der Waals surface area contributed by atoms with Crippen LogP contribution >= 0.6 is 0 Å². The van der Waals surface area contributed by atoms with Crippen molar-refractivity contribution in [2.24, 2.45) is 11.8 Å². The van der Waals surface area contributed by atoms with Crippen LogP contribution < -0.4 is 5.73 Å². The number of anilines is 1. The molecule has 0 heterocycles. The van der Waals surface area contributed by atoms with Gasteiger partial charge < -0.3 is 10.5 Å². The Bertz CT molecular complexity index is 770. The van der Waals surface area contributed by atoms with Crippen LogP contribution in [-0.4, -0.2) is 18.9 Å². The van der Waals surface area contributed by atoms with E-state index in [2.05, 4.69) is 0 Å². The second-order valence-electron chi connectivity index (χ2n) is 6.55. The van der Waals surface area contributed by atoms with Crippen molar-refractivity contribution in [2.45, 2.75) is 25.7 Å². The van der Waals surface area contributed by atoms with Gasteiger partial charge in [-0.3, -0.25) is 9.59 Å². The summed E-state index contributed by atoms with van der Waals surface area (Å²) < 4.78 is 4.89. The maximum absolute atomic E-state index is 13.0. The van der Waals surface area contributed by atoms with Crippen LogP contribution in [0, 0.1) is 11.8 Å². The average Bonchev–Trinajstić information content (AvgIpc) is 2.67. The van der Waals surface area contributed by atoms with E-state index in [9.17, 15) is 9.59 Å². The van der Waals surface area contributed by atoms with Gasteiger partial charge in [0, 0.05) is 22.7 Å². The number of nitrogen functional groups attached to an aromatic ring is 1. The average molecular weight is 337 g/mol. The van der Waals surface area contributed by atoms with Crippen LogP contribution in [0.1, 0.15) is 36.0 Å². The smallest absolute Gasteiger partial charge is 0.309 e. The molecule has 3 rings (SSSR count). The number of methoxy groups -OCH3 is 1. The Labute approximate surface area is 148 Å². The molecule has 1 aliphatic carbocycles. The molecule has 2 aromatic rings. The number of esters is 1. The second kappa shape index (κ2) is 7.51. The van der Waals surface area contributed by atoms with Crippen LogP contribution in [0.25, 0.3) is 11.1 Å². The molecule has 2 atom stereocenters. The van der Waals surface area contributed by atoms with Gasteiger partial charge in [0.05, 0.1) is 13.0 Å². The van der Waals surface area contributed by atoms with Gasteiger partial charge in [0.25, 0.3) is 0 Å². The van der Waals surface area contributed by atoms with E-state index in [1.165, 1.54) is 7.11 Å². The predicted molar refractivity (Wildman–Crippen MR) is 98.1 cm³/mol. The third-order valence-electron chi connectivity index (χ3n) is 5.03. The molecule has 2 aromatic carbocycles. The third kappa shape index (κ3) is 3.58. The molecule has 0 amide bonds. The highest BCUT2D eigenvalue weighted by Gasteiger charge is 2.36. The van der Waals surface area contributed by atoms with E-state index < -0.39 is 0 Å². The summed E-state index contributed by atoms with van der Waals surface area (Å²) >= 11 is 0. The molecule has 1 saturated carbocycles. The van der Waals surface area contributed by atoms with Crippen molar-refractivity contribution >= 4 is 17.4 Å². The first-order chi connectivity index (χ1) is 12.1. The van der Waals surface area contributed by atoms with E-state index >= 15 is 0 Å². The van der Waals surface area contributed by atoms with E-state index in [0.717, 1.165) is 30.4 Å². The number of carbonyl (C=O) groups is 2.